The number of ether oxygens (including phenoxy) is 1. The highest BCUT2D eigenvalue weighted by molar-refractivity contribution is 5.71. The van der Waals surface area contributed by atoms with E-state index in [1.54, 1.807) is 0 Å². The molecule has 0 atom stereocenters. The summed E-state index contributed by atoms with van der Waals surface area (Å²) in [6, 6.07) is 0. The highest BCUT2D eigenvalue weighted by atomic mass is 16.5. The minimum atomic E-state index is -0.144. The van der Waals surface area contributed by atoms with Gasteiger partial charge in [0.2, 0.25) is 0 Å². The number of esters is 1. The Kier molecular flexibility index (Phi) is 4.10. The first kappa shape index (κ1) is 8.47. The molecule has 2 heteroatoms. The molecule has 9 heavy (non-hydrogen) atoms. The SMILES string of the molecule is CC[C](C)CC(=O)OC. The molecule has 0 heterocycles. The fourth-order valence-corrected chi connectivity index (χ4v) is 0.444. The van der Waals surface area contributed by atoms with Gasteiger partial charge in [-0.2, -0.15) is 0 Å². The largest absolute Gasteiger partial charge is 0.469 e. The van der Waals surface area contributed by atoms with Gasteiger partial charge in [0.05, 0.1) is 13.5 Å². The predicted molar refractivity (Wildman–Crippen MR) is 35.8 cm³/mol. The minimum Gasteiger partial charge on any atom is -0.469 e. The molecule has 0 aliphatic carbocycles. The van der Waals surface area contributed by atoms with E-state index in [0.717, 1.165) is 6.42 Å². The summed E-state index contributed by atoms with van der Waals surface area (Å²) in [5.74, 6) is 1.02. The molecule has 0 rings (SSSR count). The van der Waals surface area contributed by atoms with E-state index >= 15 is 0 Å². The average molecular weight is 129 g/mol. The van der Waals surface area contributed by atoms with Crippen molar-refractivity contribution in [1.29, 1.82) is 0 Å². The molecular formula is C7H13O2. The van der Waals surface area contributed by atoms with Crippen molar-refractivity contribution in [2.24, 2.45) is 0 Å². The first-order valence-electron chi connectivity index (χ1n) is 3.08. The number of methoxy groups -OCH3 is 1. The summed E-state index contributed by atoms with van der Waals surface area (Å²) >= 11 is 0. The molecule has 0 aromatic heterocycles. The van der Waals surface area contributed by atoms with Crippen molar-refractivity contribution in [3.05, 3.63) is 5.92 Å². The first-order valence-corrected chi connectivity index (χ1v) is 3.08. The van der Waals surface area contributed by atoms with Crippen LogP contribution in [0.2, 0.25) is 0 Å². The van der Waals surface area contributed by atoms with Crippen molar-refractivity contribution in [1.82, 2.24) is 0 Å². The van der Waals surface area contributed by atoms with Gasteiger partial charge < -0.3 is 4.74 Å². The molecule has 0 aliphatic rings. The molecule has 0 saturated heterocycles. The lowest BCUT2D eigenvalue weighted by Crippen LogP contribution is -2.04. The lowest BCUT2D eigenvalue weighted by atomic mass is 10.1. The van der Waals surface area contributed by atoms with Gasteiger partial charge in [0.25, 0.3) is 0 Å². The normalized spacial score (nSPS) is 9.78. The van der Waals surface area contributed by atoms with E-state index < -0.39 is 0 Å². The third-order valence-corrected chi connectivity index (χ3v) is 1.28. The molecule has 0 unspecified atom stereocenters. The highest BCUT2D eigenvalue weighted by Gasteiger charge is 2.05. The van der Waals surface area contributed by atoms with E-state index in [0.29, 0.717) is 6.42 Å². The molecule has 0 aromatic carbocycles. The van der Waals surface area contributed by atoms with Crippen LogP contribution in [-0.4, -0.2) is 13.1 Å². The third kappa shape index (κ3) is 4.01. The third-order valence-electron chi connectivity index (χ3n) is 1.28. The van der Waals surface area contributed by atoms with Crippen LogP contribution in [0.15, 0.2) is 0 Å². The van der Waals surface area contributed by atoms with Gasteiger partial charge in [-0.15, -0.1) is 0 Å². The van der Waals surface area contributed by atoms with Crippen LogP contribution in [0.3, 0.4) is 0 Å². The van der Waals surface area contributed by atoms with Gasteiger partial charge in [-0.3, -0.25) is 4.79 Å². The second kappa shape index (κ2) is 4.36. The van der Waals surface area contributed by atoms with Gasteiger partial charge >= 0.3 is 5.97 Å². The standard InChI is InChI=1S/C7H13O2/c1-4-6(2)5-7(8)9-3/h4-5H2,1-3H3. The van der Waals surface area contributed by atoms with Gasteiger partial charge in [0.1, 0.15) is 0 Å². The van der Waals surface area contributed by atoms with Gasteiger partial charge in [-0.1, -0.05) is 13.8 Å². The smallest absolute Gasteiger partial charge is 0.306 e. The van der Waals surface area contributed by atoms with E-state index in [9.17, 15) is 4.79 Å². The molecule has 0 bridgehead atoms. The molecule has 53 valence electrons. The summed E-state index contributed by atoms with van der Waals surface area (Å²) in [4.78, 5) is 10.5. The van der Waals surface area contributed by atoms with Crippen LogP contribution in [0, 0.1) is 5.92 Å². The highest BCUT2D eigenvalue weighted by Crippen LogP contribution is 2.08. The van der Waals surface area contributed by atoms with Crippen LogP contribution in [-0.2, 0) is 9.53 Å². The summed E-state index contributed by atoms with van der Waals surface area (Å²) in [5.41, 5.74) is 0. The molecule has 0 aliphatic heterocycles. The minimum absolute atomic E-state index is 0.144. The Morgan fingerprint density at radius 3 is 2.44 bits per heavy atom. The zero-order chi connectivity index (χ0) is 7.28. The Hall–Kier alpha value is -0.530. The monoisotopic (exact) mass is 129 g/mol. The van der Waals surface area contributed by atoms with Crippen LogP contribution in [0.5, 0.6) is 0 Å². The van der Waals surface area contributed by atoms with E-state index in [1.807, 2.05) is 13.8 Å². The Balaban J connectivity index is 3.34. The molecule has 0 fully saturated rings. The molecule has 2 nitrogen and oxygen atoms in total. The zero-order valence-electron chi connectivity index (χ0n) is 6.23. The number of rotatable bonds is 3. The van der Waals surface area contributed by atoms with E-state index in [-0.39, 0.29) is 5.97 Å². The maximum absolute atomic E-state index is 10.5. The number of hydrogen-bond donors (Lipinski definition) is 0. The van der Waals surface area contributed by atoms with Gasteiger partial charge in [0.15, 0.2) is 0 Å². The quantitative estimate of drug-likeness (QED) is 0.540. The number of hydrogen-bond acceptors (Lipinski definition) is 2. The van der Waals surface area contributed by atoms with Crippen LogP contribution in [0.4, 0.5) is 0 Å². The van der Waals surface area contributed by atoms with Crippen molar-refractivity contribution in [3.8, 4) is 0 Å². The Bertz CT molecular complexity index is 88.9. The van der Waals surface area contributed by atoms with Crippen LogP contribution < -0.4 is 0 Å². The molecule has 0 N–H and O–H groups in total. The fourth-order valence-electron chi connectivity index (χ4n) is 0.444. The van der Waals surface area contributed by atoms with Gasteiger partial charge in [-0.05, 0) is 12.3 Å². The van der Waals surface area contributed by atoms with Crippen LogP contribution in [0.1, 0.15) is 26.7 Å². The Morgan fingerprint density at radius 2 is 2.11 bits per heavy atom. The van der Waals surface area contributed by atoms with Crippen molar-refractivity contribution < 1.29 is 9.53 Å². The summed E-state index contributed by atoms with van der Waals surface area (Å²) in [6.07, 6.45) is 1.42. The second-order valence-corrected chi connectivity index (χ2v) is 2.06. The molecule has 0 spiro atoms. The van der Waals surface area contributed by atoms with Crippen LogP contribution in [0.25, 0.3) is 0 Å². The van der Waals surface area contributed by atoms with Crippen molar-refractivity contribution >= 4 is 5.97 Å². The summed E-state index contributed by atoms with van der Waals surface area (Å²) in [6.45, 7) is 3.98. The van der Waals surface area contributed by atoms with Crippen molar-refractivity contribution in [3.63, 3.8) is 0 Å². The second-order valence-electron chi connectivity index (χ2n) is 2.06. The van der Waals surface area contributed by atoms with E-state index in [4.69, 9.17) is 0 Å². The lowest BCUT2D eigenvalue weighted by molar-refractivity contribution is -0.140. The molecule has 0 saturated carbocycles. The molecule has 0 aromatic rings. The maximum atomic E-state index is 10.5. The Morgan fingerprint density at radius 1 is 1.56 bits per heavy atom. The summed E-state index contributed by atoms with van der Waals surface area (Å²) in [7, 11) is 1.41. The van der Waals surface area contributed by atoms with E-state index in [1.165, 1.54) is 13.0 Å². The maximum Gasteiger partial charge on any atom is 0.306 e. The zero-order valence-corrected chi connectivity index (χ0v) is 6.23. The molecule has 0 amide bonds. The van der Waals surface area contributed by atoms with E-state index in [2.05, 4.69) is 4.74 Å². The number of carbonyl (C=O) groups excluding carboxylic acids is 1. The summed E-state index contributed by atoms with van der Waals surface area (Å²) < 4.78 is 4.46. The summed E-state index contributed by atoms with van der Waals surface area (Å²) in [5, 5.41) is 0. The van der Waals surface area contributed by atoms with Crippen molar-refractivity contribution in [2.45, 2.75) is 26.7 Å². The first-order chi connectivity index (χ1) is 4.20. The Labute approximate surface area is 56.2 Å². The number of carbonyl (C=O) groups is 1. The van der Waals surface area contributed by atoms with Crippen LogP contribution >= 0.6 is 0 Å². The fraction of sp³-hybridized carbons (Fsp3) is 0.714. The van der Waals surface area contributed by atoms with Crippen molar-refractivity contribution in [2.75, 3.05) is 7.11 Å². The molecule has 1 radical (unpaired) electrons. The van der Waals surface area contributed by atoms with Gasteiger partial charge in [0, 0.05) is 0 Å². The molecular weight excluding hydrogens is 116 g/mol. The average Bonchev–Trinajstić information content (AvgIpc) is 1.87. The lowest BCUT2D eigenvalue weighted by Gasteiger charge is -2.03. The topological polar surface area (TPSA) is 26.3 Å². The predicted octanol–water partition coefficient (Wildman–Crippen LogP) is 1.55. The van der Waals surface area contributed by atoms with Gasteiger partial charge in [-0.25, -0.2) is 0 Å².